The molecule has 56 valence electrons. The summed E-state index contributed by atoms with van der Waals surface area (Å²) in [7, 11) is 0. The smallest absolute Gasteiger partial charge is 0.119 e. The number of rotatable bonds is 0. The van der Waals surface area contributed by atoms with Crippen molar-refractivity contribution in [2.75, 3.05) is 0 Å². The van der Waals surface area contributed by atoms with Gasteiger partial charge in [-0.15, -0.1) is 0 Å². The first-order valence-electron chi connectivity index (χ1n) is 2.68. The summed E-state index contributed by atoms with van der Waals surface area (Å²) in [6.45, 7) is 1.80. The minimum absolute atomic E-state index is 0. The fourth-order valence-corrected chi connectivity index (χ4v) is 0.743. The Balaban J connectivity index is 0.000000810. The molecule has 0 bridgehead atoms. The molecule has 3 nitrogen and oxygen atoms in total. The van der Waals surface area contributed by atoms with Gasteiger partial charge < -0.3 is 15.7 Å². The maximum atomic E-state index is 8.83. The molecule has 0 unspecified atom stereocenters. The van der Waals surface area contributed by atoms with Crippen molar-refractivity contribution in [3.8, 4) is 11.5 Å². The summed E-state index contributed by atoms with van der Waals surface area (Å²) >= 11 is 0. The van der Waals surface area contributed by atoms with Gasteiger partial charge in [-0.3, -0.25) is 0 Å². The lowest BCUT2D eigenvalue weighted by Gasteiger charge is -1.94. The van der Waals surface area contributed by atoms with Gasteiger partial charge in [-0.05, 0) is 24.6 Å². The Labute approximate surface area is 58.9 Å². The van der Waals surface area contributed by atoms with Crippen LogP contribution in [0.3, 0.4) is 0 Å². The first kappa shape index (κ1) is 8.78. The van der Waals surface area contributed by atoms with Crippen molar-refractivity contribution in [1.82, 2.24) is 0 Å². The highest BCUT2D eigenvalue weighted by atomic mass is 16.3. The Morgan fingerprint density at radius 3 is 1.70 bits per heavy atom. The highest BCUT2D eigenvalue weighted by molar-refractivity contribution is 5.35. The lowest BCUT2D eigenvalue weighted by molar-refractivity contribution is 0.450. The lowest BCUT2D eigenvalue weighted by Crippen LogP contribution is -1.70. The molecule has 0 saturated carbocycles. The second kappa shape index (κ2) is 3.08. The van der Waals surface area contributed by atoms with Crippen LogP contribution in [-0.4, -0.2) is 15.7 Å². The minimum Gasteiger partial charge on any atom is -0.508 e. The summed E-state index contributed by atoms with van der Waals surface area (Å²) in [5.41, 5.74) is 0.854. The van der Waals surface area contributed by atoms with Gasteiger partial charge in [0.15, 0.2) is 0 Å². The Bertz CT molecular complexity index is 170. The van der Waals surface area contributed by atoms with E-state index in [9.17, 15) is 0 Å². The van der Waals surface area contributed by atoms with Crippen molar-refractivity contribution >= 4 is 0 Å². The van der Waals surface area contributed by atoms with E-state index in [1.165, 1.54) is 6.07 Å². The van der Waals surface area contributed by atoms with E-state index in [2.05, 4.69) is 0 Å². The van der Waals surface area contributed by atoms with Crippen LogP contribution in [0.5, 0.6) is 11.5 Å². The highest BCUT2D eigenvalue weighted by Gasteiger charge is 1.91. The molecule has 0 aliphatic heterocycles. The van der Waals surface area contributed by atoms with Crippen molar-refractivity contribution in [3.63, 3.8) is 0 Å². The van der Waals surface area contributed by atoms with Gasteiger partial charge in [-0.1, -0.05) is 0 Å². The molecule has 10 heavy (non-hydrogen) atoms. The first-order valence-corrected chi connectivity index (χ1v) is 2.68. The minimum atomic E-state index is 0. The number of phenolic OH excluding ortho intramolecular Hbond substituents is 2. The third-order valence-electron chi connectivity index (χ3n) is 1.05. The summed E-state index contributed by atoms with van der Waals surface area (Å²) in [4.78, 5) is 0. The molecule has 0 spiro atoms. The van der Waals surface area contributed by atoms with Crippen LogP contribution in [-0.2, 0) is 0 Å². The van der Waals surface area contributed by atoms with Gasteiger partial charge in [0, 0.05) is 6.07 Å². The van der Waals surface area contributed by atoms with Crippen LogP contribution in [0.15, 0.2) is 18.2 Å². The predicted molar refractivity (Wildman–Crippen MR) is 38.1 cm³/mol. The molecule has 0 aliphatic rings. The largest absolute Gasteiger partial charge is 0.508 e. The topological polar surface area (TPSA) is 72.0 Å². The van der Waals surface area contributed by atoms with Gasteiger partial charge in [0.05, 0.1) is 0 Å². The SMILES string of the molecule is Cc1cc(O)cc(O)c1.O. The Morgan fingerprint density at radius 1 is 1.00 bits per heavy atom. The summed E-state index contributed by atoms with van der Waals surface area (Å²) in [6.07, 6.45) is 0. The molecular formula is C7H10O3. The standard InChI is InChI=1S/C7H8O2.H2O/c1-5-2-6(8)4-7(9)3-5;/h2-4,8-9H,1H3;1H2. The summed E-state index contributed by atoms with van der Waals surface area (Å²) in [5.74, 6) is 0.208. The van der Waals surface area contributed by atoms with Gasteiger partial charge in [0.1, 0.15) is 11.5 Å². The quantitative estimate of drug-likeness (QED) is 0.556. The third-order valence-corrected chi connectivity index (χ3v) is 1.05. The Hall–Kier alpha value is -1.22. The molecule has 3 heteroatoms. The number of aromatic hydroxyl groups is 2. The van der Waals surface area contributed by atoms with Crippen LogP contribution in [0.2, 0.25) is 0 Å². The molecule has 0 radical (unpaired) electrons. The van der Waals surface area contributed by atoms with E-state index in [1.807, 2.05) is 0 Å². The van der Waals surface area contributed by atoms with Crippen molar-refractivity contribution in [1.29, 1.82) is 0 Å². The van der Waals surface area contributed by atoms with Crippen molar-refractivity contribution < 1.29 is 15.7 Å². The molecule has 0 amide bonds. The van der Waals surface area contributed by atoms with E-state index in [0.29, 0.717) is 0 Å². The van der Waals surface area contributed by atoms with Gasteiger partial charge in [-0.25, -0.2) is 0 Å². The summed E-state index contributed by atoms with van der Waals surface area (Å²) in [5, 5.41) is 17.7. The fraction of sp³-hybridized carbons (Fsp3) is 0.143. The van der Waals surface area contributed by atoms with Crippen LogP contribution >= 0.6 is 0 Å². The van der Waals surface area contributed by atoms with Crippen LogP contribution in [0, 0.1) is 6.92 Å². The Kier molecular flexibility index (Phi) is 2.70. The molecule has 0 saturated heterocycles. The molecule has 0 aromatic heterocycles. The van der Waals surface area contributed by atoms with Crippen molar-refractivity contribution in [3.05, 3.63) is 23.8 Å². The molecule has 0 atom stereocenters. The van der Waals surface area contributed by atoms with Gasteiger partial charge in [0.2, 0.25) is 0 Å². The van der Waals surface area contributed by atoms with Crippen LogP contribution in [0.25, 0.3) is 0 Å². The number of benzene rings is 1. The first-order chi connectivity index (χ1) is 4.18. The molecule has 1 rings (SSSR count). The lowest BCUT2D eigenvalue weighted by atomic mass is 10.2. The van der Waals surface area contributed by atoms with Crippen molar-refractivity contribution in [2.45, 2.75) is 6.92 Å². The van der Waals surface area contributed by atoms with E-state index in [4.69, 9.17) is 10.2 Å². The van der Waals surface area contributed by atoms with Gasteiger partial charge >= 0.3 is 0 Å². The zero-order valence-electron chi connectivity index (χ0n) is 5.63. The number of hydrogen-bond donors (Lipinski definition) is 2. The van der Waals surface area contributed by atoms with E-state index < -0.39 is 0 Å². The fourth-order valence-electron chi connectivity index (χ4n) is 0.743. The van der Waals surface area contributed by atoms with E-state index >= 15 is 0 Å². The van der Waals surface area contributed by atoms with Crippen LogP contribution in [0.1, 0.15) is 5.56 Å². The molecule has 4 N–H and O–H groups in total. The van der Waals surface area contributed by atoms with Crippen molar-refractivity contribution in [2.24, 2.45) is 0 Å². The highest BCUT2D eigenvalue weighted by Crippen LogP contribution is 2.18. The third kappa shape index (κ3) is 1.95. The number of phenols is 2. The second-order valence-electron chi connectivity index (χ2n) is 2.03. The number of aryl methyl sites for hydroxylation is 1. The number of hydrogen-bond acceptors (Lipinski definition) is 2. The zero-order valence-corrected chi connectivity index (χ0v) is 5.63. The molecule has 1 aromatic carbocycles. The zero-order chi connectivity index (χ0) is 6.85. The Morgan fingerprint density at radius 2 is 1.40 bits per heavy atom. The summed E-state index contributed by atoms with van der Waals surface area (Å²) < 4.78 is 0. The average Bonchev–Trinajstić information content (AvgIpc) is 1.59. The normalized spacial score (nSPS) is 8.50. The monoisotopic (exact) mass is 142 g/mol. The molecule has 0 fully saturated rings. The van der Waals surface area contributed by atoms with Crippen LogP contribution in [0.4, 0.5) is 0 Å². The average molecular weight is 142 g/mol. The summed E-state index contributed by atoms with van der Waals surface area (Å²) in [6, 6.07) is 4.46. The molecule has 1 aromatic rings. The molecular weight excluding hydrogens is 132 g/mol. The predicted octanol–water partition coefficient (Wildman–Crippen LogP) is 0.582. The molecule has 0 heterocycles. The maximum absolute atomic E-state index is 8.83. The van der Waals surface area contributed by atoms with E-state index in [-0.39, 0.29) is 17.0 Å². The molecule has 0 aliphatic carbocycles. The van der Waals surface area contributed by atoms with E-state index in [0.717, 1.165) is 5.56 Å². The van der Waals surface area contributed by atoms with Gasteiger partial charge in [0.25, 0.3) is 0 Å². The van der Waals surface area contributed by atoms with E-state index in [1.54, 1.807) is 19.1 Å². The van der Waals surface area contributed by atoms with Gasteiger partial charge in [-0.2, -0.15) is 0 Å². The maximum Gasteiger partial charge on any atom is 0.119 e. The second-order valence-corrected chi connectivity index (χ2v) is 2.03. The van der Waals surface area contributed by atoms with Crippen LogP contribution < -0.4 is 0 Å².